The summed E-state index contributed by atoms with van der Waals surface area (Å²) in [7, 11) is 0. The molecule has 6 nitrogen and oxygen atoms in total. The number of amides is 1. The molecule has 1 amide bonds. The molecule has 0 fully saturated rings. The van der Waals surface area contributed by atoms with Crippen LogP contribution in [0.3, 0.4) is 0 Å². The van der Waals surface area contributed by atoms with Crippen LogP contribution in [0.1, 0.15) is 46.1 Å². The lowest BCUT2D eigenvalue weighted by Crippen LogP contribution is -2.14. The van der Waals surface area contributed by atoms with Crippen molar-refractivity contribution in [3.8, 4) is 11.4 Å². The summed E-state index contributed by atoms with van der Waals surface area (Å²) in [6, 6.07) is 12.1. The minimum Gasteiger partial charge on any atom is -0.319 e. The van der Waals surface area contributed by atoms with E-state index in [2.05, 4.69) is 25.1 Å². The third-order valence-corrected chi connectivity index (χ3v) is 7.69. The Morgan fingerprint density at radius 2 is 2.06 bits per heavy atom. The number of thiazole rings is 1. The zero-order valence-corrected chi connectivity index (χ0v) is 20.4. The monoisotopic (exact) mass is 493 g/mol. The van der Waals surface area contributed by atoms with Crippen LogP contribution in [0.15, 0.2) is 52.7 Å². The Balaban J connectivity index is 1.37. The molecule has 0 radical (unpaired) electrons. The average molecular weight is 494 g/mol. The van der Waals surface area contributed by atoms with Crippen molar-refractivity contribution in [2.75, 3.05) is 5.32 Å². The summed E-state index contributed by atoms with van der Waals surface area (Å²) in [6.07, 6.45) is 4.22. The molecule has 0 saturated heterocycles. The summed E-state index contributed by atoms with van der Waals surface area (Å²) in [5.74, 6) is 1.49. The highest BCUT2D eigenvalue weighted by molar-refractivity contribution is 7.98. The molecular weight excluding hydrogens is 469 g/mol. The van der Waals surface area contributed by atoms with E-state index < -0.39 is 5.82 Å². The minimum absolute atomic E-state index is 0.128. The quantitative estimate of drug-likeness (QED) is 0.328. The average Bonchev–Trinajstić information content (AvgIpc) is 3.37. The number of nitrogens with zero attached hydrogens (tertiary/aromatic N) is 4. The SMILES string of the molecule is Cc1nc(CSc2ccccc2C(=O)Nc2cc(-c3nnc4n3CCCCC4)ccc2F)cs1. The molecule has 1 aliphatic rings. The molecular formula is C25H24FN5OS2. The molecule has 0 aliphatic carbocycles. The maximum Gasteiger partial charge on any atom is 0.256 e. The van der Waals surface area contributed by atoms with Gasteiger partial charge in [-0.15, -0.1) is 33.3 Å². The van der Waals surface area contributed by atoms with Crippen LogP contribution >= 0.6 is 23.1 Å². The van der Waals surface area contributed by atoms with E-state index in [0.717, 1.165) is 59.2 Å². The van der Waals surface area contributed by atoms with Gasteiger partial charge in [-0.1, -0.05) is 18.6 Å². The Kier molecular flexibility index (Phi) is 6.73. The summed E-state index contributed by atoms with van der Waals surface area (Å²) >= 11 is 3.15. The molecule has 0 spiro atoms. The maximum atomic E-state index is 14.7. The van der Waals surface area contributed by atoms with E-state index in [1.807, 2.05) is 30.5 Å². The smallest absolute Gasteiger partial charge is 0.256 e. The number of hydrogen-bond donors (Lipinski definition) is 1. The molecule has 34 heavy (non-hydrogen) atoms. The number of halogens is 1. The number of nitrogens with one attached hydrogen (secondary N) is 1. The molecule has 3 heterocycles. The molecule has 5 rings (SSSR count). The van der Waals surface area contributed by atoms with E-state index in [0.29, 0.717) is 17.1 Å². The van der Waals surface area contributed by atoms with Crippen molar-refractivity contribution in [1.82, 2.24) is 19.7 Å². The highest BCUT2D eigenvalue weighted by Crippen LogP contribution is 2.30. The van der Waals surface area contributed by atoms with Crippen molar-refractivity contribution in [3.63, 3.8) is 0 Å². The summed E-state index contributed by atoms with van der Waals surface area (Å²) in [6.45, 7) is 2.82. The standard InChI is InChI=1S/C25H24FN5OS2/c1-16-27-18(14-33-16)15-34-22-8-5-4-7-19(22)25(32)28-21-13-17(10-11-20(21)26)24-30-29-23-9-3-2-6-12-31(23)24/h4-5,7-8,10-11,13-14H,2-3,6,9,12,15H2,1H3,(H,28,32). The van der Waals surface area contributed by atoms with Gasteiger partial charge in [-0.3, -0.25) is 4.79 Å². The largest absolute Gasteiger partial charge is 0.319 e. The first kappa shape index (κ1) is 22.7. The third-order valence-electron chi connectivity index (χ3n) is 5.76. The molecule has 2 aromatic carbocycles. The van der Waals surface area contributed by atoms with Crippen LogP contribution in [-0.4, -0.2) is 25.7 Å². The number of rotatable bonds is 6. The number of anilines is 1. The summed E-state index contributed by atoms with van der Waals surface area (Å²) in [4.78, 5) is 18.4. The molecule has 4 aromatic rings. The van der Waals surface area contributed by atoms with Crippen LogP contribution in [0, 0.1) is 12.7 Å². The molecule has 9 heteroatoms. The second-order valence-corrected chi connectivity index (χ2v) is 10.3. The van der Waals surface area contributed by atoms with Crippen LogP contribution in [-0.2, 0) is 18.7 Å². The van der Waals surface area contributed by atoms with Gasteiger partial charge in [-0.25, -0.2) is 9.37 Å². The molecule has 1 N–H and O–H groups in total. The minimum atomic E-state index is -0.490. The lowest BCUT2D eigenvalue weighted by molar-refractivity contribution is 0.102. The molecule has 0 atom stereocenters. The Labute approximate surface area is 205 Å². The summed E-state index contributed by atoms with van der Waals surface area (Å²) < 4.78 is 16.8. The van der Waals surface area contributed by atoms with E-state index in [1.54, 1.807) is 41.3 Å². The van der Waals surface area contributed by atoms with Gasteiger partial charge in [0.1, 0.15) is 11.6 Å². The number of carbonyl (C=O) groups is 1. The second kappa shape index (κ2) is 10.1. The molecule has 1 aliphatic heterocycles. The maximum absolute atomic E-state index is 14.7. The molecule has 0 bridgehead atoms. The van der Waals surface area contributed by atoms with Gasteiger partial charge in [0.15, 0.2) is 5.82 Å². The van der Waals surface area contributed by atoms with Gasteiger partial charge in [-0.05, 0) is 50.1 Å². The van der Waals surface area contributed by atoms with Gasteiger partial charge in [-0.2, -0.15) is 0 Å². The summed E-state index contributed by atoms with van der Waals surface area (Å²) in [5, 5.41) is 14.5. The van der Waals surface area contributed by atoms with Crippen LogP contribution in [0.5, 0.6) is 0 Å². The number of carbonyl (C=O) groups excluding carboxylic acids is 1. The molecule has 0 unspecified atom stereocenters. The van der Waals surface area contributed by atoms with Crippen molar-refractivity contribution in [1.29, 1.82) is 0 Å². The zero-order chi connectivity index (χ0) is 23.5. The van der Waals surface area contributed by atoms with Crippen molar-refractivity contribution in [2.24, 2.45) is 0 Å². The van der Waals surface area contributed by atoms with Crippen molar-refractivity contribution >= 4 is 34.7 Å². The highest BCUT2D eigenvalue weighted by atomic mass is 32.2. The van der Waals surface area contributed by atoms with E-state index in [-0.39, 0.29) is 11.6 Å². The fourth-order valence-electron chi connectivity index (χ4n) is 4.05. The van der Waals surface area contributed by atoms with Gasteiger partial charge < -0.3 is 9.88 Å². The Hall–Kier alpha value is -3.04. The first-order chi connectivity index (χ1) is 16.6. The highest BCUT2D eigenvalue weighted by Gasteiger charge is 2.19. The van der Waals surface area contributed by atoms with Crippen molar-refractivity contribution in [2.45, 2.75) is 49.8 Å². The van der Waals surface area contributed by atoms with Gasteiger partial charge >= 0.3 is 0 Å². The first-order valence-corrected chi connectivity index (χ1v) is 13.1. The number of thioether (sulfide) groups is 1. The molecule has 2 aromatic heterocycles. The van der Waals surface area contributed by atoms with Crippen LogP contribution < -0.4 is 5.32 Å². The predicted octanol–water partition coefficient (Wildman–Crippen LogP) is 6.12. The predicted molar refractivity (Wildman–Crippen MR) is 134 cm³/mol. The van der Waals surface area contributed by atoms with Gasteiger partial charge in [0.25, 0.3) is 5.91 Å². The van der Waals surface area contributed by atoms with E-state index >= 15 is 0 Å². The van der Waals surface area contributed by atoms with Gasteiger partial charge in [0, 0.05) is 34.6 Å². The fraction of sp³-hybridized carbons (Fsp3) is 0.280. The van der Waals surface area contributed by atoms with E-state index in [9.17, 15) is 9.18 Å². The number of aryl methyl sites for hydroxylation is 2. The first-order valence-electron chi connectivity index (χ1n) is 11.2. The third kappa shape index (κ3) is 4.90. The number of aromatic nitrogens is 4. The lowest BCUT2D eigenvalue weighted by Gasteiger charge is -2.12. The molecule has 174 valence electrons. The Morgan fingerprint density at radius 3 is 2.91 bits per heavy atom. The van der Waals surface area contributed by atoms with Gasteiger partial charge in [0.05, 0.1) is 22.0 Å². The van der Waals surface area contributed by atoms with Crippen molar-refractivity contribution < 1.29 is 9.18 Å². The van der Waals surface area contributed by atoms with Gasteiger partial charge in [0.2, 0.25) is 0 Å². The second-order valence-electron chi connectivity index (χ2n) is 8.19. The van der Waals surface area contributed by atoms with E-state index in [4.69, 9.17) is 0 Å². The Bertz CT molecular complexity index is 1330. The van der Waals surface area contributed by atoms with Crippen LogP contribution in [0.25, 0.3) is 11.4 Å². The van der Waals surface area contributed by atoms with Crippen LogP contribution in [0.2, 0.25) is 0 Å². The number of fused-ring (bicyclic) bond motifs is 1. The number of benzene rings is 2. The molecule has 0 saturated carbocycles. The Morgan fingerprint density at radius 1 is 1.18 bits per heavy atom. The van der Waals surface area contributed by atoms with Crippen LogP contribution in [0.4, 0.5) is 10.1 Å². The normalized spacial score (nSPS) is 13.4. The lowest BCUT2D eigenvalue weighted by atomic mass is 10.1. The van der Waals surface area contributed by atoms with E-state index in [1.165, 1.54) is 6.07 Å². The zero-order valence-electron chi connectivity index (χ0n) is 18.8. The topological polar surface area (TPSA) is 72.7 Å². The number of hydrogen-bond acceptors (Lipinski definition) is 6. The summed E-state index contributed by atoms with van der Waals surface area (Å²) in [5.41, 5.74) is 2.34. The fourth-order valence-corrected chi connectivity index (χ4v) is 5.72. The van der Waals surface area contributed by atoms with Crippen molar-refractivity contribution in [3.05, 3.63) is 75.8 Å².